The third-order valence-corrected chi connectivity index (χ3v) is 4.72. The molecule has 2 amide bonds. The molecular formula is C19H22N6O2. The summed E-state index contributed by atoms with van der Waals surface area (Å²) in [4.78, 5) is 19.2. The number of likely N-dealkylation sites (tertiary alicyclic amines) is 1. The molecule has 3 aromatic rings. The summed E-state index contributed by atoms with van der Waals surface area (Å²) in [6, 6.07) is 11.0. The molecule has 140 valence electrons. The van der Waals surface area contributed by atoms with Crippen molar-refractivity contribution in [3.63, 3.8) is 0 Å². The van der Waals surface area contributed by atoms with Crippen LogP contribution in [0.5, 0.6) is 0 Å². The first-order chi connectivity index (χ1) is 13.2. The minimum Gasteiger partial charge on any atom is -0.334 e. The quantitative estimate of drug-likeness (QED) is 0.765. The van der Waals surface area contributed by atoms with Crippen molar-refractivity contribution >= 4 is 11.8 Å². The van der Waals surface area contributed by atoms with Gasteiger partial charge in [-0.05, 0) is 25.0 Å². The molecule has 3 heterocycles. The van der Waals surface area contributed by atoms with E-state index >= 15 is 0 Å². The fourth-order valence-corrected chi connectivity index (χ4v) is 3.35. The van der Waals surface area contributed by atoms with E-state index in [9.17, 15) is 4.79 Å². The van der Waals surface area contributed by atoms with Crippen LogP contribution in [0.2, 0.25) is 0 Å². The lowest BCUT2D eigenvalue weighted by Gasteiger charge is -2.27. The monoisotopic (exact) mass is 366 g/mol. The zero-order valence-corrected chi connectivity index (χ0v) is 15.2. The normalized spacial score (nSPS) is 17.5. The van der Waals surface area contributed by atoms with Gasteiger partial charge >= 0.3 is 6.03 Å². The summed E-state index contributed by atoms with van der Waals surface area (Å²) in [5.41, 5.74) is 0.870. The van der Waals surface area contributed by atoms with Gasteiger partial charge < -0.3 is 9.42 Å². The lowest BCUT2D eigenvalue weighted by Crippen LogP contribution is -2.38. The van der Waals surface area contributed by atoms with Crippen molar-refractivity contribution in [3.05, 3.63) is 48.4 Å². The van der Waals surface area contributed by atoms with Crippen LogP contribution < -0.4 is 5.32 Å². The van der Waals surface area contributed by atoms with Crippen molar-refractivity contribution in [2.45, 2.75) is 31.7 Å². The molecule has 0 spiro atoms. The number of carbonyl (C=O) groups excluding carboxylic acids is 1. The molecule has 1 aliphatic heterocycles. The van der Waals surface area contributed by atoms with Crippen LogP contribution in [-0.2, 0) is 7.05 Å². The van der Waals surface area contributed by atoms with Crippen LogP contribution in [0.3, 0.4) is 0 Å². The first-order valence-electron chi connectivity index (χ1n) is 9.17. The molecule has 4 rings (SSSR count). The zero-order valence-electron chi connectivity index (χ0n) is 15.2. The summed E-state index contributed by atoms with van der Waals surface area (Å²) in [5, 5.41) is 11.3. The molecule has 0 aliphatic carbocycles. The smallest absolute Gasteiger partial charge is 0.323 e. The van der Waals surface area contributed by atoms with E-state index < -0.39 is 0 Å². The maximum atomic E-state index is 12.9. The molecule has 0 radical (unpaired) electrons. The first-order valence-corrected chi connectivity index (χ1v) is 9.17. The van der Waals surface area contributed by atoms with E-state index in [4.69, 9.17) is 4.52 Å². The van der Waals surface area contributed by atoms with Crippen molar-refractivity contribution < 1.29 is 9.32 Å². The number of carbonyl (C=O) groups is 1. The molecule has 0 bridgehead atoms. The van der Waals surface area contributed by atoms with Crippen LogP contribution in [0, 0.1) is 0 Å². The molecular weight excluding hydrogens is 344 g/mol. The van der Waals surface area contributed by atoms with E-state index in [0.717, 1.165) is 31.2 Å². The molecule has 1 saturated heterocycles. The Labute approximate surface area is 157 Å². The SMILES string of the molecule is Cn1ccc(NC(=O)N2CCCCC[C@@H]2c2noc(-c3ccccc3)n2)n1. The molecule has 8 nitrogen and oxygen atoms in total. The van der Waals surface area contributed by atoms with E-state index in [0.29, 0.717) is 24.1 Å². The number of nitrogens with zero attached hydrogens (tertiary/aromatic N) is 5. The van der Waals surface area contributed by atoms with E-state index in [2.05, 4.69) is 20.6 Å². The van der Waals surface area contributed by atoms with Gasteiger partial charge in [-0.3, -0.25) is 10.00 Å². The highest BCUT2D eigenvalue weighted by atomic mass is 16.5. The van der Waals surface area contributed by atoms with Gasteiger partial charge in [0.05, 0.1) is 6.04 Å². The highest BCUT2D eigenvalue weighted by Crippen LogP contribution is 2.30. The fraction of sp³-hybridized carbons (Fsp3) is 0.368. The van der Waals surface area contributed by atoms with Crippen molar-refractivity contribution in [2.24, 2.45) is 7.05 Å². The largest absolute Gasteiger partial charge is 0.334 e. The molecule has 1 aromatic carbocycles. The lowest BCUT2D eigenvalue weighted by atomic mass is 10.1. The minimum atomic E-state index is -0.211. The second kappa shape index (κ2) is 7.61. The van der Waals surface area contributed by atoms with Crippen LogP contribution in [0.1, 0.15) is 37.5 Å². The number of benzene rings is 1. The van der Waals surface area contributed by atoms with Crippen LogP contribution in [0.25, 0.3) is 11.5 Å². The van der Waals surface area contributed by atoms with Gasteiger partial charge in [-0.2, -0.15) is 10.1 Å². The molecule has 0 saturated carbocycles. The topological polar surface area (TPSA) is 89.1 Å². The van der Waals surface area contributed by atoms with Gasteiger partial charge in [-0.25, -0.2) is 4.79 Å². The summed E-state index contributed by atoms with van der Waals surface area (Å²) >= 11 is 0. The fourth-order valence-electron chi connectivity index (χ4n) is 3.35. The standard InChI is InChI=1S/C19H22N6O2/c1-24-13-11-16(22-24)20-19(26)25-12-7-3-6-10-15(25)17-21-18(27-23-17)14-8-4-2-5-9-14/h2,4-5,8-9,11,13,15H,3,6-7,10,12H2,1H3,(H,20,22,26)/t15-/m1/s1. The highest BCUT2D eigenvalue weighted by molar-refractivity contribution is 5.88. The minimum absolute atomic E-state index is 0.188. The second-order valence-electron chi connectivity index (χ2n) is 6.69. The molecule has 1 atom stereocenters. The summed E-state index contributed by atoms with van der Waals surface area (Å²) in [7, 11) is 1.81. The maximum Gasteiger partial charge on any atom is 0.323 e. The lowest BCUT2D eigenvalue weighted by molar-refractivity contribution is 0.184. The Morgan fingerprint density at radius 3 is 2.81 bits per heavy atom. The molecule has 1 N–H and O–H groups in total. The average molecular weight is 366 g/mol. The van der Waals surface area contributed by atoms with Crippen molar-refractivity contribution in [1.29, 1.82) is 0 Å². The molecule has 0 unspecified atom stereocenters. The van der Waals surface area contributed by atoms with E-state index in [-0.39, 0.29) is 12.1 Å². The average Bonchev–Trinajstić information content (AvgIpc) is 3.25. The number of aryl methyl sites for hydroxylation is 1. The Morgan fingerprint density at radius 1 is 1.19 bits per heavy atom. The van der Waals surface area contributed by atoms with E-state index in [1.54, 1.807) is 21.8 Å². The second-order valence-corrected chi connectivity index (χ2v) is 6.69. The zero-order chi connectivity index (χ0) is 18.6. The number of rotatable bonds is 3. The number of anilines is 1. The highest BCUT2D eigenvalue weighted by Gasteiger charge is 2.31. The van der Waals surface area contributed by atoms with Gasteiger partial charge in [-0.15, -0.1) is 0 Å². The molecule has 1 aliphatic rings. The number of urea groups is 1. The Morgan fingerprint density at radius 2 is 2.04 bits per heavy atom. The van der Waals surface area contributed by atoms with Gasteiger partial charge in [0.15, 0.2) is 11.6 Å². The Balaban J connectivity index is 1.57. The maximum absolute atomic E-state index is 12.9. The predicted octanol–water partition coefficient (Wildman–Crippen LogP) is 3.62. The number of amides is 2. The van der Waals surface area contributed by atoms with Gasteiger partial charge in [0.25, 0.3) is 5.89 Å². The number of aromatic nitrogens is 4. The van der Waals surface area contributed by atoms with Crippen LogP contribution in [0.4, 0.5) is 10.6 Å². The van der Waals surface area contributed by atoms with Crippen molar-refractivity contribution in [3.8, 4) is 11.5 Å². The summed E-state index contributed by atoms with van der Waals surface area (Å²) in [6.45, 7) is 0.651. The number of hydrogen-bond acceptors (Lipinski definition) is 5. The van der Waals surface area contributed by atoms with Crippen LogP contribution in [-0.4, -0.2) is 37.4 Å². The van der Waals surface area contributed by atoms with Gasteiger partial charge in [0.1, 0.15) is 0 Å². The molecule has 8 heteroatoms. The Kier molecular flexibility index (Phi) is 4.86. The Bertz CT molecular complexity index is 904. The molecule has 2 aromatic heterocycles. The predicted molar refractivity (Wildman–Crippen MR) is 99.9 cm³/mol. The number of nitrogens with one attached hydrogen (secondary N) is 1. The summed E-state index contributed by atoms with van der Waals surface area (Å²) < 4.78 is 7.11. The van der Waals surface area contributed by atoms with Crippen molar-refractivity contribution in [2.75, 3.05) is 11.9 Å². The third kappa shape index (κ3) is 3.84. The van der Waals surface area contributed by atoms with E-state index in [1.165, 1.54) is 0 Å². The molecule has 27 heavy (non-hydrogen) atoms. The Hall–Kier alpha value is -3.16. The van der Waals surface area contributed by atoms with Crippen LogP contribution >= 0.6 is 0 Å². The van der Waals surface area contributed by atoms with E-state index in [1.807, 2.05) is 37.4 Å². The van der Waals surface area contributed by atoms with Crippen LogP contribution in [0.15, 0.2) is 47.1 Å². The van der Waals surface area contributed by atoms with Gasteiger partial charge in [0, 0.05) is 31.4 Å². The number of hydrogen-bond donors (Lipinski definition) is 1. The third-order valence-electron chi connectivity index (χ3n) is 4.72. The van der Waals surface area contributed by atoms with Gasteiger partial charge in [-0.1, -0.05) is 36.2 Å². The van der Waals surface area contributed by atoms with Gasteiger partial charge in [0.2, 0.25) is 0 Å². The summed E-state index contributed by atoms with van der Waals surface area (Å²) in [5.74, 6) is 1.55. The summed E-state index contributed by atoms with van der Waals surface area (Å²) in [6.07, 6.45) is 5.65. The van der Waals surface area contributed by atoms with Crippen molar-refractivity contribution in [1.82, 2.24) is 24.8 Å². The first kappa shape index (κ1) is 17.3. The molecule has 1 fully saturated rings.